The summed E-state index contributed by atoms with van der Waals surface area (Å²) in [5.41, 5.74) is 10.0. The van der Waals surface area contributed by atoms with Crippen LogP contribution in [0.3, 0.4) is 0 Å². The largest absolute Gasteiger partial charge is 0.383 e. The fourth-order valence-corrected chi connectivity index (χ4v) is 5.25. The molecule has 202 valence electrons. The number of nitrogens with zero attached hydrogens (tertiary/aromatic N) is 4. The van der Waals surface area contributed by atoms with Crippen molar-refractivity contribution < 1.29 is 27.8 Å². The van der Waals surface area contributed by atoms with Crippen molar-refractivity contribution in [1.29, 1.82) is 0 Å². The van der Waals surface area contributed by atoms with E-state index < -0.39 is 17.7 Å². The topological polar surface area (TPSA) is 128 Å². The highest BCUT2D eigenvalue weighted by Crippen LogP contribution is 2.32. The first-order valence-corrected chi connectivity index (χ1v) is 12.5. The van der Waals surface area contributed by atoms with Crippen LogP contribution in [0.25, 0.3) is 22.2 Å². The number of ether oxygens (including phenoxy) is 3. The van der Waals surface area contributed by atoms with Gasteiger partial charge in [-0.1, -0.05) is 6.07 Å². The molecule has 3 N–H and O–H groups in total. The number of amides is 1. The molecule has 6 heterocycles. The number of fused-ring (bicyclic) bond motifs is 3. The summed E-state index contributed by atoms with van der Waals surface area (Å²) in [6, 6.07) is 4.48. The van der Waals surface area contributed by atoms with E-state index in [-0.39, 0.29) is 36.3 Å². The zero-order valence-electron chi connectivity index (χ0n) is 21.1. The molecule has 1 fully saturated rings. The molecule has 0 aliphatic carbocycles. The Bertz CT molecular complexity index is 1520. The lowest BCUT2D eigenvalue weighted by molar-refractivity contribution is -0.0716. The maximum absolute atomic E-state index is 14.2. The van der Waals surface area contributed by atoms with E-state index in [4.69, 9.17) is 19.9 Å². The number of hydrogen-bond donors (Lipinski definition) is 2. The van der Waals surface area contributed by atoms with E-state index >= 15 is 0 Å². The number of rotatable bonds is 6. The molecule has 2 atom stereocenters. The standard InChI is InChI=1S/C27H26F2N6O4/c1-37-23-4-5-38-13-22(23)35(10-15-3-2-14(7-32-15)24-18(28)8-31-9-19(24)29)27(36)21-6-20-25(33-21)16-11-39-12-17(16)26(30)34-20/h2-3,6-9,22-23,33H,4-5,10-13H2,1H3,(H2,30,34)/t22-,23-/m1/s1. The smallest absolute Gasteiger partial charge is 0.271 e. The van der Waals surface area contributed by atoms with Gasteiger partial charge in [0.05, 0.1) is 73.2 Å². The van der Waals surface area contributed by atoms with E-state index in [0.29, 0.717) is 54.5 Å². The Labute approximate surface area is 222 Å². The minimum absolute atomic E-state index is 0.112. The lowest BCUT2D eigenvalue weighted by Crippen LogP contribution is -2.52. The Morgan fingerprint density at radius 3 is 2.72 bits per heavy atom. The van der Waals surface area contributed by atoms with Crippen molar-refractivity contribution in [3.63, 3.8) is 0 Å². The van der Waals surface area contributed by atoms with Crippen LogP contribution in [0, 0.1) is 11.6 Å². The van der Waals surface area contributed by atoms with Crippen LogP contribution in [-0.4, -0.2) is 63.2 Å². The molecule has 2 aliphatic heterocycles. The Morgan fingerprint density at radius 2 is 1.97 bits per heavy atom. The van der Waals surface area contributed by atoms with Gasteiger partial charge < -0.3 is 29.8 Å². The average molecular weight is 537 g/mol. The van der Waals surface area contributed by atoms with E-state index in [2.05, 4.69) is 19.9 Å². The molecule has 4 aromatic rings. The lowest BCUT2D eigenvalue weighted by Gasteiger charge is -2.38. The van der Waals surface area contributed by atoms with Gasteiger partial charge in [-0.05, 0) is 18.6 Å². The van der Waals surface area contributed by atoms with Gasteiger partial charge in [0, 0.05) is 36.6 Å². The summed E-state index contributed by atoms with van der Waals surface area (Å²) >= 11 is 0. The van der Waals surface area contributed by atoms with E-state index in [0.717, 1.165) is 23.5 Å². The fourth-order valence-electron chi connectivity index (χ4n) is 5.25. The van der Waals surface area contributed by atoms with Crippen LogP contribution in [-0.2, 0) is 34.0 Å². The second-order valence-corrected chi connectivity index (χ2v) is 9.54. The molecule has 1 saturated heterocycles. The van der Waals surface area contributed by atoms with Gasteiger partial charge in [0.1, 0.15) is 11.5 Å². The molecule has 1 amide bonds. The number of halogens is 2. The average Bonchev–Trinajstić information content (AvgIpc) is 3.60. The molecule has 0 saturated carbocycles. The molecule has 12 heteroatoms. The summed E-state index contributed by atoms with van der Waals surface area (Å²) in [6.45, 7) is 1.68. The molecule has 0 unspecified atom stereocenters. The second-order valence-electron chi connectivity index (χ2n) is 9.54. The van der Waals surface area contributed by atoms with Crippen molar-refractivity contribution in [2.24, 2.45) is 0 Å². The first kappa shape index (κ1) is 25.3. The van der Waals surface area contributed by atoms with Gasteiger partial charge in [0.2, 0.25) is 0 Å². The number of pyridine rings is 3. The SMILES string of the molecule is CO[C@@H]1CCOC[C@H]1N(Cc1ccc(-c2c(F)cncc2F)cn1)C(=O)c1cc2nc(N)c3c(c2[nH]1)COC3. The van der Waals surface area contributed by atoms with Crippen LogP contribution in [0.5, 0.6) is 0 Å². The summed E-state index contributed by atoms with van der Waals surface area (Å²) in [5.74, 6) is -1.48. The molecule has 6 rings (SSSR count). The minimum Gasteiger partial charge on any atom is -0.383 e. The molecule has 39 heavy (non-hydrogen) atoms. The molecule has 10 nitrogen and oxygen atoms in total. The highest BCUT2D eigenvalue weighted by Gasteiger charge is 2.35. The van der Waals surface area contributed by atoms with Gasteiger partial charge in [-0.3, -0.25) is 14.8 Å². The van der Waals surface area contributed by atoms with Crippen molar-refractivity contribution in [2.75, 3.05) is 26.1 Å². The summed E-state index contributed by atoms with van der Waals surface area (Å²) in [6.07, 6.45) is 3.64. The predicted molar refractivity (Wildman–Crippen MR) is 136 cm³/mol. The Morgan fingerprint density at radius 1 is 1.18 bits per heavy atom. The van der Waals surface area contributed by atoms with E-state index in [1.165, 1.54) is 6.20 Å². The van der Waals surface area contributed by atoms with Crippen molar-refractivity contribution >= 4 is 22.8 Å². The van der Waals surface area contributed by atoms with Gasteiger partial charge >= 0.3 is 0 Å². The van der Waals surface area contributed by atoms with E-state index in [1.807, 2.05) is 0 Å². The van der Waals surface area contributed by atoms with Crippen LogP contribution in [0.4, 0.5) is 14.6 Å². The number of H-pyrrole nitrogens is 1. The summed E-state index contributed by atoms with van der Waals surface area (Å²) in [7, 11) is 1.61. The monoisotopic (exact) mass is 536 g/mol. The zero-order valence-corrected chi connectivity index (χ0v) is 21.1. The van der Waals surface area contributed by atoms with E-state index in [1.54, 1.807) is 30.2 Å². The van der Waals surface area contributed by atoms with Crippen molar-refractivity contribution in [3.05, 3.63) is 70.9 Å². The number of anilines is 1. The van der Waals surface area contributed by atoms with Crippen LogP contribution in [0.1, 0.15) is 33.7 Å². The third kappa shape index (κ3) is 4.60. The van der Waals surface area contributed by atoms with Crippen LogP contribution < -0.4 is 5.73 Å². The molecular formula is C27H26F2N6O4. The molecule has 0 spiro atoms. The number of nitrogens with one attached hydrogen (secondary N) is 1. The van der Waals surface area contributed by atoms with Crippen LogP contribution >= 0.6 is 0 Å². The first-order valence-electron chi connectivity index (χ1n) is 12.5. The fraction of sp³-hybridized carbons (Fsp3) is 0.333. The Balaban J connectivity index is 1.34. The zero-order chi connectivity index (χ0) is 27.1. The Hall–Kier alpha value is -4.00. The van der Waals surface area contributed by atoms with Crippen molar-refractivity contribution in [2.45, 2.75) is 38.3 Å². The number of carbonyl (C=O) groups is 1. The lowest BCUT2D eigenvalue weighted by atomic mass is 10.0. The summed E-state index contributed by atoms with van der Waals surface area (Å²) in [4.78, 5) is 31.3. The van der Waals surface area contributed by atoms with Crippen LogP contribution in [0.2, 0.25) is 0 Å². The number of aromatic nitrogens is 4. The first-order chi connectivity index (χ1) is 18.9. The number of carbonyl (C=O) groups excluding carboxylic acids is 1. The number of methoxy groups -OCH3 is 1. The van der Waals surface area contributed by atoms with Crippen molar-refractivity contribution in [3.8, 4) is 11.1 Å². The highest BCUT2D eigenvalue weighted by atomic mass is 19.1. The maximum Gasteiger partial charge on any atom is 0.271 e. The molecule has 2 aliphatic rings. The van der Waals surface area contributed by atoms with Crippen LogP contribution in [0.15, 0.2) is 36.8 Å². The third-order valence-corrected chi connectivity index (χ3v) is 7.26. The Kier molecular flexibility index (Phi) is 6.67. The molecular weight excluding hydrogens is 510 g/mol. The summed E-state index contributed by atoms with van der Waals surface area (Å²) < 4.78 is 45.4. The minimum atomic E-state index is -0.784. The number of aromatic amines is 1. The number of hydrogen-bond acceptors (Lipinski definition) is 8. The predicted octanol–water partition coefficient (Wildman–Crippen LogP) is 3.36. The van der Waals surface area contributed by atoms with Crippen molar-refractivity contribution in [1.82, 2.24) is 24.8 Å². The number of nitrogens with two attached hydrogens (primary N) is 1. The van der Waals surface area contributed by atoms with Gasteiger partial charge in [-0.2, -0.15) is 0 Å². The third-order valence-electron chi connectivity index (χ3n) is 7.26. The van der Waals surface area contributed by atoms with Gasteiger partial charge in [-0.25, -0.2) is 13.8 Å². The summed E-state index contributed by atoms with van der Waals surface area (Å²) in [5, 5.41) is 0. The van der Waals surface area contributed by atoms with Gasteiger partial charge in [-0.15, -0.1) is 0 Å². The molecule has 0 bridgehead atoms. The molecule has 0 aromatic carbocycles. The van der Waals surface area contributed by atoms with Gasteiger partial charge in [0.15, 0.2) is 11.6 Å². The van der Waals surface area contributed by atoms with E-state index in [9.17, 15) is 13.6 Å². The molecule has 0 radical (unpaired) electrons. The van der Waals surface area contributed by atoms with Gasteiger partial charge in [0.25, 0.3) is 5.91 Å². The maximum atomic E-state index is 14.2. The highest BCUT2D eigenvalue weighted by molar-refractivity contribution is 5.98. The number of nitrogen functional groups attached to an aromatic ring is 1. The second kappa shape index (κ2) is 10.3. The normalized spacial score (nSPS) is 18.8. The molecule has 4 aromatic heterocycles. The quantitative estimate of drug-likeness (QED) is 0.384.